The standard InChI is InChI=1S/C52H40N4O16S2/c57-43-39(44(58)54(36-21-9-2-10-22-36)73(65,66)53(43)35-19-7-1-8-20-35)27-15-5-17-29-41-47(61)69-51(70-48(41)62)31-33-52(34-32-51)71-49(63)42(50(64)72-52)30-18-6-16-28-40-45(59)55(37-23-11-3-12-24-37)74(67,68)56(46(40)60)38-25-13-4-14-26-38/h1-15,18-30H,16-17,31-34H2. The SMILES string of the molecule is O=C1OC2(CCC3(CC2)OC(=O)C(=CCC=CC=C2C(=O)N(c4ccccc4)S(=O)(=O)N(c4ccccc4)C2=O)C(=O)O3)OC(=O)C1=CC=CCC=C1C(=O)N(c2ccccc2)S(=O)(=O)N(c2ccccc2)C1=O. The van der Waals surface area contributed by atoms with Crippen molar-refractivity contribution >= 4 is 90.7 Å². The molecule has 4 aromatic carbocycles. The summed E-state index contributed by atoms with van der Waals surface area (Å²) >= 11 is 0. The van der Waals surface area contributed by atoms with Crippen LogP contribution in [0.4, 0.5) is 22.7 Å². The van der Waals surface area contributed by atoms with E-state index >= 15 is 0 Å². The van der Waals surface area contributed by atoms with Gasteiger partial charge in [0, 0.05) is 25.7 Å². The first-order chi connectivity index (χ1) is 35.5. The molecule has 0 atom stereocenters. The number of rotatable bonds is 10. The number of amides is 4. The minimum atomic E-state index is -4.70. The van der Waals surface area contributed by atoms with Gasteiger partial charge in [0.1, 0.15) is 22.3 Å². The molecule has 2 spiro atoms. The van der Waals surface area contributed by atoms with Gasteiger partial charge in [0.25, 0.3) is 35.2 Å². The van der Waals surface area contributed by atoms with E-state index in [1.165, 1.54) is 134 Å². The van der Waals surface area contributed by atoms with Crippen LogP contribution in [0.3, 0.4) is 0 Å². The molecule has 4 aliphatic heterocycles. The van der Waals surface area contributed by atoms with Crippen LogP contribution in [0.2, 0.25) is 0 Å². The minimum Gasteiger partial charge on any atom is -0.419 e. The van der Waals surface area contributed by atoms with Crippen molar-refractivity contribution in [3.05, 3.63) is 192 Å². The van der Waals surface area contributed by atoms with E-state index in [2.05, 4.69) is 0 Å². The molecule has 9 rings (SSSR count). The van der Waals surface area contributed by atoms with Gasteiger partial charge in [0.05, 0.1) is 22.7 Å². The van der Waals surface area contributed by atoms with Crippen molar-refractivity contribution in [2.45, 2.75) is 50.1 Å². The van der Waals surface area contributed by atoms with Crippen LogP contribution < -0.4 is 17.2 Å². The molecule has 376 valence electrons. The number of ether oxygens (including phenoxy) is 4. The molecule has 0 radical (unpaired) electrons. The fourth-order valence-corrected chi connectivity index (χ4v) is 11.6. The Morgan fingerprint density at radius 3 is 0.973 bits per heavy atom. The summed E-state index contributed by atoms with van der Waals surface area (Å²) in [7, 11) is -9.40. The largest absolute Gasteiger partial charge is 0.419 e. The number of benzene rings is 4. The van der Waals surface area contributed by atoms with E-state index < -0.39 is 102 Å². The lowest BCUT2D eigenvalue weighted by molar-refractivity contribution is -0.291. The lowest BCUT2D eigenvalue weighted by Crippen LogP contribution is -2.57. The van der Waals surface area contributed by atoms with Crippen molar-refractivity contribution < 1.29 is 74.1 Å². The van der Waals surface area contributed by atoms with Crippen molar-refractivity contribution in [2.24, 2.45) is 0 Å². The zero-order valence-electron chi connectivity index (χ0n) is 38.5. The molecular weight excluding hydrogens is 1000 g/mol. The predicted molar refractivity (Wildman–Crippen MR) is 262 cm³/mol. The number of hydrogen-bond donors (Lipinski definition) is 0. The maximum absolute atomic E-state index is 13.7. The fourth-order valence-electron chi connectivity index (χ4n) is 8.46. The Balaban J connectivity index is 0.815. The summed E-state index contributed by atoms with van der Waals surface area (Å²) in [4.78, 5) is 107. The normalized spacial score (nSPS) is 22.8. The number of para-hydroxylation sites is 4. The van der Waals surface area contributed by atoms with E-state index in [-0.39, 0.29) is 61.3 Å². The number of anilines is 4. The van der Waals surface area contributed by atoms with Gasteiger partial charge >= 0.3 is 44.3 Å². The van der Waals surface area contributed by atoms with Crippen molar-refractivity contribution in [3.63, 3.8) is 0 Å². The number of allylic oxidation sites excluding steroid dienone is 8. The quantitative estimate of drug-likeness (QED) is 0.109. The number of nitrogens with zero attached hydrogens (tertiary/aromatic N) is 4. The van der Waals surface area contributed by atoms with E-state index in [1.54, 1.807) is 24.3 Å². The van der Waals surface area contributed by atoms with E-state index in [9.17, 15) is 55.2 Å². The third kappa shape index (κ3) is 9.34. The molecule has 4 saturated heterocycles. The van der Waals surface area contributed by atoms with E-state index in [0.29, 0.717) is 17.2 Å². The zero-order chi connectivity index (χ0) is 52.4. The molecule has 4 amide bonds. The molecule has 0 N–H and O–H groups in total. The lowest BCUT2D eigenvalue weighted by atomic mass is 9.87. The van der Waals surface area contributed by atoms with Crippen LogP contribution in [0.15, 0.2) is 192 Å². The Labute approximate surface area is 422 Å². The van der Waals surface area contributed by atoms with Crippen LogP contribution >= 0.6 is 0 Å². The summed E-state index contributed by atoms with van der Waals surface area (Å²) in [5.74, 6) is -12.1. The Hall–Kier alpha value is -9.02. The van der Waals surface area contributed by atoms with Crippen molar-refractivity contribution in [2.75, 3.05) is 17.2 Å². The van der Waals surface area contributed by atoms with Gasteiger partial charge in [0.2, 0.25) is 0 Å². The Morgan fingerprint density at radius 1 is 0.378 bits per heavy atom. The molecule has 1 aliphatic carbocycles. The van der Waals surface area contributed by atoms with Crippen LogP contribution in [-0.2, 0) is 77.7 Å². The van der Waals surface area contributed by atoms with E-state index in [0.717, 1.165) is 12.2 Å². The predicted octanol–water partition coefficient (Wildman–Crippen LogP) is 5.40. The Kier molecular flexibility index (Phi) is 13.4. The second-order valence-electron chi connectivity index (χ2n) is 16.7. The number of carbonyl (C=O) groups is 8. The minimum absolute atomic E-state index is 0.000200. The maximum atomic E-state index is 13.7. The monoisotopic (exact) mass is 1040 g/mol. The molecule has 0 bridgehead atoms. The van der Waals surface area contributed by atoms with Crippen molar-refractivity contribution in [1.82, 2.24) is 0 Å². The molecule has 4 aromatic rings. The van der Waals surface area contributed by atoms with Crippen LogP contribution in [-0.4, -0.2) is 75.9 Å². The van der Waals surface area contributed by atoms with E-state index in [4.69, 9.17) is 18.9 Å². The fraction of sp³-hybridized carbons (Fsp3) is 0.154. The number of esters is 4. The van der Waals surface area contributed by atoms with Gasteiger partial charge in [-0.3, -0.25) is 19.2 Å². The second kappa shape index (κ2) is 19.9. The molecule has 4 heterocycles. The average Bonchev–Trinajstić information content (AvgIpc) is 3.37. The summed E-state index contributed by atoms with van der Waals surface area (Å²) in [6, 6.07) is 30.0. The zero-order valence-corrected chi connectivity index (χ0v) is 40.2. The highest BCUT2D eigenvalue weighted by atomic mass is 32.2. The Morgan fingerprint density at radius 2 is 0.649 bits per heavy atom. The topological polar surface area (TPSA) is 255 Å². The van der Waals surface area contributed by atoms with Gasteiger partial charge in [-0.05, 0) is 73.5 Å². The summed E-state index contributed by atoms with van der Waals surface area (Å²) in [6.45, 7) is 0. The van der Waals surface area contributed by atoms with E-state index in [1.807, 2.05) is 0 Å². The third-order valence-electron chi connectivity index (χ3n) is 12.0. The Bertz CT molecular complexity index is 3260. The summed E-state index contributed by atoms with van der Waals surface area (Å²) in [6.07, 6.45) is 8.90. The number of hydrogen-bond acceptors (Lipinski definition) is 16. The first kappa shape index (κ1) is 49.9. The molecule has 0 unspecified atom stereocenters. The molecule has 5 aliphatic rings. The molecule has 74 heavy (non-hydrogen) atoms. The lowest BCUT2D eigenvalue weighted by Gasteiger charge is -2.46. The first-order valence-electron chi connectivity index (χ1n) is 22.6. The summed E-state index contributed by atoms with van der Waals surface area (Å²) in [5.41, 5.74) is -1.88. The van der Waals surface area contributed by atoms with Gasteiger partial charge in [0.15, 0.2) is 0 Å². The molecule has 1 saturated carbocycles. The smallest absolute Gasteiger partial charge is 0.348 e. The molecular formula is C52H40N4O16S2. The van der Waals surface area contributed by atoms with Gasteiger partial charge < -0.3 is 18.9 Å². The van der Waals surface area contributed by atoms with Crippen LogP contribution in [0.5, 0.6) is 0 Å². The van der Waals surface area contributed by atoms with Crippen molar-refractivity contribution in [3.8, 4) is 0 Å². The summed E-state index contributed by atoms with van der Waals surface area (Å²) in [5, 5.41) is 0. The van der Waals surface area contributed by atoms with Crippen LogP contribution in [0.1, 0.15) is 38.5 Å². The van der Waals surface area contributed by atoms with Crippen LogP contribution in [0, 0.1) is 0 Å². The first-order valence-corrected chi connectivity index (χ1v) is 25.4. The highest BCUT2D eigenvalue weighted by Gasteiger charge is 2.57. The van der Waals surface area contributed by atoms with Gasteiger partial charge in [-0.15, -0.1) is 0 Å². The highest BCUT2D eigenvalue weighted by Crippen LogP contribution is 2.45. The summed E-state index contributed by atoms with van der Waals surface area (Å²) < 4.78 is 79.2. The molecule has 22 heteroatoms. The van der Waals surface area contributed by atoms with Gasteiger partial charge in [-0.1, -0.05) is 109 Å². The molecule has 0 aromatic heterocycles. The molecule has 5 fully saturated rings. The number of carbonyl (C=O) groups excluding carboxylic acids is 8. The second-order valence-corrected chi connectivity index (χ2v) is 20.0. The van der Waals surface area contributed by atoms with Crippen LogP contribution in [0.25, 0.3) is 0 Å². The van der Waals surface area contributed by atoms with Gasteiger partial charge in [-0.2, -0.15) is 34.1 Å². The maximum Gasteiger partial charge on any atom is 0.348 e. The molecule has 20 nitrogen and oxygen atoms in total. The average molecular weight is 1040 g/mol. The third-order valence-corrected chi connectivity index (χ3v) is 15.4. The highest BCUT2D eigenvalue weighted by molar-refractivity contribution is 7.96. The van der Waals surface area contributed by atoms with Crippen molar-refractivity contribution in [1.29, 1.82) is 0 Å². The van der Waals surface area contributed by atoms with Gasteiger partial charge in [-0.25, -0.2) is 19.2 Å².